The lowest BCUT2D eigenvalue weighted by molar-refractivity contribution is -0.144. The number of amides is 1. The number of aromatic nitrogens is 1. The Bertz CT molecular complexity index is 447. The van der Waals surface area contributed by atoms with E-state index >= 15 is 0 Å². The van der Waals surface area contributed by atoms with Gasteiger partial charge in [0.05, 0.1) is 13.0 Å². The Kier molecular flexibility index (Phi) is 3.60. The van der Waals surface area contributed by atoms with Crippen molar-refractivity contribution in [3.8, 4) is 0 Å². The van der Waals surface area contributed by atoms with Gasteiger partial charge in [-0.3, -0.25) is 14.6 Å². The van der Waals surface area contributed by atoms with Gasteiger partial charge in [0.2, 0.25) is 5.91 Å². The van der Waals surface area contributed by atoms with Crippen LogP contribution in [0, 0.1) is 0 Å². The molecule has 1 aromatic heterocycles. The van der Waals surface area contributed by atoms with Crippen LogP contribution in [0.4, 0.5) is 0 Å². The molecular weight excluding hydrogens is 232 g/mol. The van der Waals surface area contributed by atoms with Gasteiger partial charge in [0.25, 0.3) is 0 Å². The highest BCUT2D eigenvalue weighted by Gasteiger charge is 2.42. The number of nitrogens with one attached hydrogen (secondary N) is 1. The second kappa shape index (κ2) is 5.16. The SMILES string of the molecule is CCOC(=O)CC1(c2cccnc2)CNC(=O)C1. The second-order valence-electron chi connectivity index (χ2n) is 4.46. The van der Waals surface area contributed by atoms with Crippen molar-refractivity contribution >= 4 is 11.9 Å². The van der Waals surface area contributed by atoms with Crippen molar-refractivity contribution in [2.75, 3.05) is 13.2 Å². The number of ether oxygens (including phenoxy) is 1. The Morgan fingerprint density at radius 2 is 2.44 bits per heavy atom. The maximum Gasteiger partial charge on any atom is 0.306 e. The third-order valence-electron chi connectivity index (χ3n) is 3.18. The third-order valence-corrected chi connectivity index (χ3v) is 3.18. The minimum Gasteiger partial charge on any atom is -0.466 e. The summed E-state index contributed by atoms with van der Waals surface area (Å²) in [6.45, 7) is 2.58. The average Bonchev–Trinajstić information content (AvgIpc) is 2.73. The molecule has 1 saturated heterocycles. The van der Waals surface area contributed by atoms with Crippen LogP contribution >= 0.6 is 0 Å². The molecule has 0 radical (unpaired) electrons. The summed E-state index contributed by atoms with van der Waals surface area (Å²) >= 11 is 0. The van der Waals surface area contributed by atoms with Crippen LogP contribution in [0.25, 0.3) is 0 Å². The summed E-state index contributed by atoms with van der Waals surface area (Å²) in [6, 6.07) is 3.71. The molecule has 0 saturated carbocycles. The summed E-state index contributed by atoms with van der Waals surface area (Å²) in [4.78, 5) is 27.3. The van der Waals surface area contributed by atoms with Crippen molar-refractivity contribution in [1.82, 2.24) is 10.3 Å². The highest BCUT2D eigenvalue weighted by atomic mass is 16.5. The molecule has 1 aromatic rings. The van der Waals surface area contributed by atoms with Crippen LogP contribution in [-0.4, -0.2) is 30.0 Å². The highest BCUT2D eigenvalue weighted by Crippen LogP contribution is 2.34. The Labute approximate surface area is 106 Å². The lowest BCUT2D eigenvalue weighted by Gasteiger charge is -2.26. The van der Waals surface area contributed by atoms with Crippen molar-refractivity contribution in [2.24, 2.45) is 0 Å². The van der Waals surface area contributed by atoms with Gasteiger partial charge in [-0.25, -0.2) is 0 Å². The van der Waals surface area contributed by atoms with Crippen molar-refractivity contribution in [1.29, 1.82) is 0 Å². The molecule has 1 unspecified atom stereocenters. The van der Waals surface area contributed by atoms with Crippen LogP contribution in [0.2, 0.25) is 0 Å². The normalized spacial score (nSPS) is 22.6. The molecule has 1 aliphatic rings. The first-order chi connectivity index (χ1) is 8.66. The van der Waals surface area contributed by atoms with Crippen molar-refractivity contribution in [3.63, 3.8) is 0 Å². The standard InChI is InChI=1S/C13H16N2O3/c1-2-18-12(17)7-13(6-11(16)15-9-13)10-4-3-5-14-8-10/h3-5,8H,2,6-7,9H2,1H3,(H,15,16). The Morgan fingerprint density at radius 3 is 3.00 bits per heavy atom. The molecule has 0 bridgehead atoms. The molecule has 96 valence electrons. The fourth-order valence-corrected chi connectivity index (χ4v) is 2.30. The molecule has 1 N–H and O–H groups in total. The van der Waals surface area contributed by atoms with Crippen LogP contribution in [0.3, 0.4) is 0 Å². The van der Waals surface area contributed by atoms with E-state index in [0.717, 1.165) is 5.56 Å². The molecule has 0 spiro atoms. The minimum atomic E-state index is -0.516. The molecule has 1 aliphatic heterocycles. The molecule has 2 heterocycles. The number of carbonyl (C=O) groups is 2. The van der Waals surface area contributed by atoms with E-state index in [9.17, 15) is 9.59 Å². The number of pyridine rings is 1. The van der Waals surface area contributed by atoms with Gasteiger partial charge < -0.3 is 10.1 Å². The van der Waals surface area contributed by atoms with Gasteiger partial charge in [0.15, 0.2) is 0 Å². The predicted molar refractivity (Wildman–Crippen MR) is 64.8 cm³/mol. The zero-order valence-corrected chi connectivity index (χ0v) is 10.3. The fourth-order valence-electron chi connectivity index (χ4n) is 2.30. The van der Waals surface area contributed by atoms with E-state index in [4.69, 9.17) is 4.74 Å². The van der Waals surface area contributed by atoms with E-state index < -0.39 is 5.41 Å². The van der Waals surface area contributed by atoms with E-state index in [1.807, 2.05) is 12.1 Å². The van der Waals surface area contributed by atoms with E-state index in [1.165, 1.54) is 0 Å². The zero-order valence-electron chi connectivity index (χ0n) is 10.3. The highest BCUT2D eigenvalue weighted by molar-refractivity contribution is 5.83. The second-order valence-corrected chi connectivity index (χ2v) is 4.46. The first-order valence-electron chi connectivity index (χ1n) is 5.99. The van der Waals surface area contributed by atoms with Gasteiger partial charge in [-0.05, 0) is 18.6 Å². The van der Waals surface area contributed by atoms with E-state index in [1.54, 1.807) is 19.3 Å². The predicted octanol–water partition coefficient (Wildman–Crippen LogP) is 0.792. The molecule has 18 heavy (non-hydrogen) atoms. The van der Waals surface area contributed by atoms with Crippen LogP contribution < -0.4 is 5.32 Å². The maximum absolute atomic E-state index is 11.7. The number of hydrogen-bond donors (Lipinski definition) is 1. The molecule has 5 nitrogen and oxygen atoms in total. The van der Waals surface area contributed by atoms with Crippen molar-refractivity contribution < 1.29 is 14.3 Å². The third kappa shape index (κ3) is 2.50. The Morgan fingerprint density at radius 1 is 1.61 bits per heavy atom. The Hall–Kier alpha value is -1.91. The van der Waals surface area contributed by atoms with Gasteiger partial charge >= 0.3 is 5.97 Å². The molecule has 1 amide bonds. The van der Waals surface area contributed by atoms with Crippen LogP contribution in [0.1, 0.15) is 25.3 Å². The number of rotatable bonds is 4. The monoisotopic (exact) mass is 248 g/mol. The summed E-state index contributed by atoms with van der Waals surface area (Å²) in [5, 5.41) is 2.78. The van der Waals surface area contributed by atoms with Gasteiger partial charge in [0, 0.05) is 30.8 Å². The molecule has 1 fully saturated rings. The van der Waals surface area contributed by atoms with Gasteiger partial charge in [-0.2, -0.15) is 0 Å². The largest absolute Gasteiger partial charge is 0.466 e. The topological polar surface area (TPSA) is 68.3 Å². The summed E-state index contributed by atoms with van der Waals surface area (Å²) in [5.74, 6) is -0.319. The van der Waals surface area contributed by atoms with E-state index in [2.05, 4.69) is 10.3 Å². The van der Waals surface area contributed by atoms with E-state index in [0.29, 0.717) is 19.6 Å². The number of hydrogen-bond acceptors (Lipinski definition) is 4. The smallest absolute Gasteiger partial charge is 0.306 e. The molecule has 1 atom stereocenters. The number of carbonyl (C=O) groups excluding carboxylic acids is 2. The molecule has 0 aliphatic carbocycles. The summed E-state index contributed by atoms with van der Waals surface area (Å²) in [5.41, 5.74) is 0.383. The van der Waals surface area contributed by atoms with Crippen molar-refractivity contribution in [3.05, 3.63) is 30.1 Å². The first kappa shape index (κ1) is 12.5. The summed E-state index contributed by atoms with van der Waals surface area (Å²) in [7, 11) is 0. The average molecular weight is 248 g/mol. The molecule has 0 aromatic carbocycles. The van der Waals surface area contributed by atoms with Crippen molar-refractivity contribution in [2.45, 2.75) is 25.2 Å². The van der Waals surface area contributed by atoms with Crippen LogP contribution in [0.5, 0.6) is 0 Å². The maximum atomic E-state index is 11.7. The molecule has 5 heteroatoms. The molecular formula is C13H16N2O3. The van der Waals surface area contributed by atoms with E-state index in [-0.39, 0.29) is 18.3 Å². The quantitative estimate of drug-likeness (QED) is 0.800. The van der Waals surface area contributed by atoms with Gasteiger partial charge in [-0.1, -0.05) is 6.07 Å². The molecule has 2 rings (SSSR count). The Balaban J connectivity index is 2.25. The van der Waals surface area contributed by atoms with Crippen LogP contribution in [0.15, 0.2) is 24.5 Å². The minimum absolute atomic E-state index is 0.0387. The lowest BCUT2D eigenvalue weighted by Crippen LogP contribution is -2.32. The van der Waals surface area contributed by atoms with Gasteiger partial charge in [0.1, 0.15) is 0 Å². The number of nitrogens with zero attached hydrogens (tertiary/aromatic N) is 1. The first-order valence-corrected chi connectivity index (χ1v) is 5.99. The summed E-state index contributed by atoms with van der Waals surface area (Å²) < 4.78 is 4.99. The number of esters is 1. The summed E-state index contributed by atoms with van der Waals surface area (Å²) in [6.07, 6.45) is 3.88. The zero-order chi connectivity index (χ0) is 13.0. The fraction of sp³-hybridized carbons (Fsp3) is 0.462. The lowest BCUT2D eigenvalue weighted by atomic mass is 9.77. The van der Waals surface area contributed by atoms with Crippen LogP contribution in [-0.2, 0) is 19.7 Å². The van der Waals surface area contributed by atoms with Gasteiger partial charge in [-0.15, -0.1) is 0 Å².